The summed E-state index contributed by atoms with van der Waals surface area (Å²) in [4.78, 5) is 16.4. The Kier molecular flexibility index (Phi) is 6.95. The van der Waals surface area contributed by atoms with Crippen LogP contribution in [0.5, 0.6) is 0 Å². The van der Waals surface area contributed by atoms with Crippen molar-refractivity contribution in [1.29, 1.82) is 0 Å². The Bertz CT molecular complexity index is 1120. The van der Waals surface area contributed by atoms with E-state index in [0.717, 1.165) is 34.7 Å². The first-order valence-corrected chi connectivity index (χ1v) is 12.5. The Morgan fingerprint density at radius 3 is 2.52 bits per heavy atom. The van der Waals surface area contributed by atoms with Gasteiger partial charge >= 0.3 is 0 Å². The van der Waals surface area contributed by atoms with Crippen molar-refractivity contribution >= 4 is 52.0 Å². The summed E-state index contributed by atoms with van der Waals surface area (Å²) in [6, 6.07) is 18.4. The first-order valence-electron chi connectivity index (χ1n) is 10.2. The number of amides is 1. The van der Waals surface area contributed by atoms with E-state index in [1.54, 1.807) is 4.90 Å². The number of benzene rings is 2. The molecule has 158 valence electrons. The van der Waals surface area contributed by atoms with Crippen LogP contribution >= 0.6 is 35.7 Å². The highest BCUT2D eigenvalue weighted by molar-refractivity contribution is 8.26. The van der Waals surface area contributed by atoms with Crippen LogP contribution in [-0.2, 0) is 4.79 Å². The molecule has 0 spiro atoms. The van der Waals surface area contributed by atoms with E-state index >= 15 is 0 Å². The van der Waals surface area contributed by atoms with Gasteiger partial charge in [-0.2, -0.15) is 5.10 Å². The van der Waals surface area contributed by atoms with Crippen molar-refractivity contribution < 1.29 is 4.79 Å². The molecule has 4 rings (SSSR count). The van der Waals surface area contributed by atoms with Gasteiger partial charge in [0.25, 0.3) is 5.91 Å². The Hall–Kier alpha value is -2.35. The van der Waals surface area contributed by atoms with Crippen molar-refractivity contribution in [2.24, 2.45) is 0 Å². The minimum absolute atomic E-state index is 0.0232. The Balaban J connectivity index is 1.76. The number of rotatable bonds is 7. The number of carbonyl (C=O) groups is 1. The lowest BCUT2D eigenvalue weighted by atomic mass is 10.1. The fourth-order valence-electron chi connectivity index (χ4n) is 3.36. The second-order valence-electron chi connectivity index (χ2n) is 7.00. The number of hydrogen-bond donors (Lipinski definition) is 0. The third-order valence-electron chi connectivity index (χ3n) is 4.81. The quantitative estimate of drug-likeness (QED) is 0.234. The maximum Gasteiger partial charge on any atom is 0.266 e. The van der Waals surface area contributed by atoms with E-state index in [9.17, 15) is 4.79 Å². The molecule has 0 radical (unpaired) electrons. The highest BCUT2D eigenvalue weighted by Gasteiger charge is 2.31. The predicted octanol–water partition coefficient (Wildman–Crippen LogP) is 6.26. The number of carbonyl (C=O) groups excluding carboxylic acids is 1. The van der Waals surface area contributed by atoms with Gasteiger partial charge in [0.05, 0.1) is 16.3 Å². The summed E-state index contributed by atoms with van der Waals surface area (Å²) in [5.41, 5.74) is 3.74. The van der Waals surface area contributed by atoms with Crippen LogP contribution in [0.25, 0.3) is 23.0 Å². The molecule has 1 amide bonds. The minimum Gasteiger partial charge on any atom is -0.293 e. The van der Waals surface area contributed by atoms with E-state index in [1.165, 1.54) is 16.7 Å². The summed E-state index contributed by atoms with van der Waals surface area (Å²) in [6.07, 6.45) is 4.77. The van der Waals surface area contributed by atoms with E-state index in [4.69, 9.17) is 17.3 Å². The summed E-state index contributed by atoms with van der Waals surface area (Å²) >= 11 is 8.60. The second kappa shape index (κ2) is 9.85. The molecular formula is C24H23N3OS3. The van der Waals surface area contributed by atoms with Crippen molar-refractivity contribution in [2.45, 2.75) is 25.2 Å². The average molecular weight is 466 g/mol. The number of para-hydroxylation sites is 1. The van der Waals surface area contributed by atoms with Crippen molar-refractivity contribution in [2.75, 3.05) is 12.3 Å². The highest BCUT2D eigenvalue weighted by atomic mass is 32.2. The lowest BCUT2D eigenvalue weighted by Gasteiger charge is -2.11. The van der Waals surface area contributed by atoms with Gasteiger partial charge in [-0.1, -0.05) is 68.2 Å². The van der Waals surface area contributed by atoms with Crippen LogP contribution in [0.3, 0.4) is 0 Å². The first-order chi connectivity index (χ1) is 15.1. The summed E-state index contributed by atoms with van der Waals surface area (Å²) in [6.45, 7) is 4.84. The zero-order valence-corrected chi connectivity index (χ0v) is 19.9. The lowest BCUT2D eigenvalue weighted by Crippen LogP contribution is -2.28. The van der Waals surface area contributed by atoms with Crippen LogP contribution in [0.2, 0.25) is 0 Å². The average Bonchev–Trinajstić information content (AvgIpc) is 3.32. The van der Waals surface area contributed by atoms with Crippen molar-refractivity contribution in [3.63, 3.8) is 0 Å². The molecule has 2 heterocycles. The van der Waals surface area contributed by atoms with Gasteiger partial charge in [0, 0.05) is 28.8 Å². The van der Waals surface area contributed by atoms with Crippen LogP contribution in [0, 0.1) is 0 Å². The topological polar surface area (TPSA) is 38.1 Å². The molecule has 31 heavy (non-hydrogen) atoms. The molecule has 1 aliphatic heterocycles. The lowest BCUT2D eigenvalue weighted by molar-refractivity contribution is -0.122. The van der Waals surface area contributed by atoms with E-state index in [0.29, 0.717) is 15.8 Å². The van der Waals surface area contributed by atoms with Gasteiger partial charge in [-0.3, -0.25) is 9.69 Å². The van der Waals surface area contributed by atoms with Crippen molar-refractivity contribution in [3.8, 4) is 16.9 Å². The third-order valence-corrected chi connectivity index (χ3v) is 7.08. The minimum atomic E-state index is -0.0232. The second-order valence-corrected chi connectivity index (χ2v) is 10.0. The molecular weight excluding hydrogens is 442 g/mol. The molecule has 3 aromatic rings. The van der Waals surface area contributed by atoms with Gasteiger partial charge < -0.3 is 0 Å². The van der Waals surface area contributed by atoms with Crippen LogP contribution in [0.15, 0.2) is 70.6 Å². The van der Waals surface area contributed by atoms with Gasteiger partial charge in [-0.05, 0) is 42.5 Å². The van der Waals surface area contributed by atoms with E-state index in [2.05, 4.69) is 31.2 Å². The van der Waals surface area contributed by atoms with Gasteiger partial charge in [0.2, 0.25) is 0 Å². The molecule has 0 atom stereocenters. The first kappa shape index (κ1) is 21.9. The molecule has 7 heteroatoms. The van der Waals surface area contributed by atoms with Gasteiger partial charge in [0.15, 0.2) is 0 Å². The third kappa shape index (κ3) is 4.79. The monoisotopic (exact) mass is 465 g/mol. The van der Waals surface area contributed by atoms with Crippen molar-refractivity contribution in [1.82, 2.24) is 14.7 Å². The number of thioether (sulfide) groups is 2. The van der Waals surface area contributed by atoms with Crippen LogP contribution in [0.4, 0.5) is 0 Å². The number of nitrogens with zero attached hydrogens (tertiary/aromatic N) is 3. The Morgan fingerprint density at radius 2 is 1.84 bits per heavy atom. The number of hydrogen-bond acceptors (Lipinski definition) is 5. The standard InChI is InChI=1S/C24H23N3OS3/c1-3-14-26-23(28)21(31-24(26)29)15-18-16-27(19-8-6-5-7-9-19)25-22(18)17-10-12-20(13-11-17)30-4-2/h5-13,15-16H,3-4,14H2,1-2H3. The van der Waals surface area contributed by atoms with Crippen molar-refractivity contribution in [3.05, 3.63) is 71.3 Å². The van der Waals surface area contributed by atoms with Gasteiger partial charge in [-0.25, -0.2) is 4.68 Å². The molecule has 1 aromatic heterocycles. The van der Waals surface area contributed by atoms with Crippen LogP contribution < -0.4 is 0 Å². The SMILES string of the molecule is CCCN1C(=O)C(=Cc2cn(-c3ccccc3)nc2-c2ccc(SCC)cc2)SC1=S. The molecule has 2 aromatic carbocycles. The smallest absolute Gasteiger partial charge is 0.266 e. The molecule has 1 aliphatic rings. The summed E-state index contributed by atoms with van der Waals surface area (Å²) in [5.74, 6) is 1.01. The van der Waals surface area contributed by atoms with Gasteiger partial charge in [-0.15, -0.1) is 11.8 Å². The normalized spacial score (nSPS) is 15.3. The molecule has 0 N–H and O–H groups in total. The highest BCUT2D eigenvalue weighted by Crippen LogP contribution is 2.35. The van der Waals surface area contributed by atoms with E-state index in [-0.39, 0.29) is 5.91 Å². The molecule has 0 saturated carbocycles. The summed E-state index contributed by atoms with van der Waals surface area (Å²) in [7, 11) is 0. The van der Waals surface area contributed by atoms with Gasteiger partial charge in [0.1, 0.15) is 4.32 Å². The van der Waals surface area contributed by atoms with Crippen LogP contribution in [0.1, 0.15) is 25.8 Å². The number of aromatic nitrogens is 2. The summed E-state index contributed by atoms with van der Waals surface area (Å²) < 4.78 is 2.49. The molecule has 0 unspecified atom stereocenters. The van der Waals surface area contributed by atoms with E-state index < -0.39 is 0 Å². The Morgan fingerprint density at radius 1 is 1.10 bits per heavy atom. The predicted molar refractivity (Wildman–Crippen MR) is 136 cm³/mol. The maximum absolute atomic E-state index is 12.9. The fraction of sp³-hybridized carbons (Fsp3) is 0.208. The summed E-state index contributed by atoms with van der Waals surface area (Å²) in [5, 5.41) is 4.87. The molecule has 4 nitrogen and oxygen atoms in total. The Labute approximate surface area is 196 Å². The molecule has 0 bridgehead atoms. The molecule has 1 saturated heterocycles. The largest absolute Gasteiger partial charge is 0.293 e. The van der Waals surface area contributed by atoms with Crippen LogP contribution in [-0.4, -0.2) is 37.2 Å². The zero-order valence-electron chi connectivity index (χ0n) is 17.4. The number of thiocarbonyl (C=S) groups is 1. The maximum atomic E-state index is 12.9. The zero-order chi connectivity index (χ0) is 21.8. The van der Waals surface area contributed by atoms with E-state index in [1.807, 2.05) is 66.0 Å². The molecule has 1 fully saturated rings. The fourth-order valence-corrected chi connectivity index (χ4v) is 5.32. The molecule has 0 aliphatic carbocycles.